The molecule has 0 amide bonds. The Morgan fingerprint density at radius 1 is 1.29 bits per heavy atom. The highest BCUT2D eigenvalue weighted by Crippen LogP contribution is 2.24. The van der Waals surface area contributed by atoms with Crippen molar-refractivity contribution in [3.05, 3.63) is 11.4 Å². The first-order chi connectivity index (χ1) is 7.73. The molecule has 0 aliphatic heterocycles. The van der Waals surface area contributed by atoms with E-state index < -0.39 is 17.4 Å². The molecule has 1 rings (SSSR count). The number of hydrogen-bond acceptors (Lipinski definition) is 4. The van der Waals surface area contributed by atoms with Gasteiger partial charge in [-0.05, 0) is 0 Å². The van der Waals surface area contributed by atoms with Gasteiger partial charge in [-0.2, -0.15) is 0 Å². The third-order valence-corrected chi connectivity index (χ3v) is 2.19. The molecule has 1 aromatic heterocycles. The first kappa shape index (κ1) is 13.1. The zero-order valence-electron chi connectivity index (χ0n) is 9.97. The third-order valence-electron chi connectivity index (χ3n) is 2.19. The van der Waals surface area contributed by atoms with E-state index in [1.165, 1.54) is 4.68 Å². The van der Waals surface area contributed by atoms with Crippen molar-refractivity contribution in [2.45, 2.75) is 39.2 Å². The van der Waals surface area contributed by atoms with Crippen LogP contribution < -0.4 is 0 Å². The van der Waals surface area contributed by atoms with Gasteiger partial charge in [0.1, 0.15) is 0 Å². The van der Waals surface area contributed by atoms with Crippen LogP contribution in [0.1, 0.15) is 43.4 Å². The molecule has 0 radical (unpaired) electrons. The lowest BCUT2D eigenvalue weighted by Gasteiger charge is -2.19. The maximum atomic E-state index is 11.0. The van der Waals surface area contributed by atoms with Crippen molar-refractivity contribution in [3.8, 4) is 0 Å². The lowest BCUT2D eigenvalue weighted by atomic mass is 9.90. The molecule has 0 saturated carbocycles. The molecule has 0 bridgehead atoms. The molecule has 0 aliphatic carbocycles. The van der Waals surface area contributed by atoms with Crippen LogP contribution in [-0.4, -0.2) is 37.1 Å². The van der Waals surface area contributed by atoms with Gasteiger partial charge in [-0.3, -0.25) is 4.79 Å². The molecule has 0 spiro atoms. The molecule has 2 N–H and O–H groups in total. The standard InChI is InChI=1S/C10H15N3O4/c1-10(2,3)8-7(9(16)17)11-12-13(8)5-4-6(14)15/h4-5H2,1-3H3,(H,14,15)(H,16,17). The normalized spacial score (nSPS) is 11.5. The number of carbonyl (C=O) groups is 2. The van der Waals surface area contributed by atoms with Crippen LogP contribution in [0.2, 0.25) is 0 Å². The number of aryl methyl sites for hydroxylation is 1. The van der Waals surface area contributed by atoms with Crippen molar-refractivity contribution < 1.29 is 19.8 Å². The minimum atomic E-state index is -1.16. The summed E-state index contributed by atoms with van der Waals surface area (Å²) < 4.78 is 1.34. The van der Waals surface area contributed by atoms with Crippen LogP contribution in [0.3, 0.4) is 0 Å². The van der Waals surface area contributed by atoms with E-state index in [-0.39, 0.29) is 18.7 Å². The van der Waals surface area contributed by atoms with Gasteiger partial charge in [-0.15, -0.1) is 5.10 Å². The maximum Gasteiger partial charge on any atom is 0.358 e. The number of rotatable bonds is 4. The summed E-state index contributed by atoms with van der Waals surface area (Å²) in [7, 11) is 0. The summed E-state index contributed by atoms with van der Waals surface area (Å²) in [6.07, 6.45) is -0.120. The first-order valence-electron chi connectivity index (χ1n) is 5.12. The van der Waals surface area contributed by atoms with Gasteiger partial charge in [0.25, 0.3) is 0 Å². The minimum Gasteiger partial charge on any atom is -0.481 e. The maximum absolute atomic E-state index is 11.0. The highest BCUT2D eigenvalue weighted by Gasteiger charge is 2.28. The van der Waals surface area contributed by atoms with Crippen LogP contribution >= 0.6 is 0 Å². The zero-order valence-corrected chi connectivity index (χ0v) is 9.97. The summed E-state index contributed by atoms with van der Waals surface area (Å²) in [4.78, 5) is 21.5. The van der Waals surface area contributed by atoms with Crippen LogP contribution in [-0.2, 0) is 16.8 Å². The predicted octanol–water partition coefficient (Wildman–Crippen LogP) is 0.749. The first-order valence-corrected chi connectivity index (χ1v) is 5.12. The van der Waals surface area contributed by atoms with Crippen LogP contribution in [0.5, 0.6) is 0 Å². The molecule has 1 heterocycles. The Kier molecular flexibility index (Phi) is 3.50. The van der Waals surface area contributed by atoms with E-state index in [2.05, 4.69) is 10.3 Å². The van der Waals surface area contributed by atoms with E-state index in [9.17, 15) is 9.59 Å². The Morgan fingerprint density at radius 2 is 1.88 bits per heavy atom. The second-order valence-corrected chi connectivity index (χ2v) is 4.71. The quantitative estimate of drug-likeness (QED) is 0.805. The molecule has 1 aromatic rings. The van der Waals surface area contributed by atoms with Crippen molar-refractivity contribution in [1.82, 2.24) is 15.0 Å². The molecule has 7 nitrogen and oxygen atoms in total. The lowest BCUT2D eigenvalue weighted by Crippen LogP contribution is -2.22. The molecular weight excluding hydrogens is 226 g/mol. The van der Waals surface area contributed by atoms with Crippen molar-refractivity contribution in [2.24, 2.45) is 0 Å². The molecule has 0 aliphatic rings. The second-order valence-electron chi connectivity index (χ2n) is 4.71. The monoisotopic (exact) mass is 241 g/mol. The van der Waals surface area contributed by atoms with E-state index in [0.717, 1.165) is 0 Å². The molecule has 0 fully saturated rings. The SMILES string of the molecule is CC(C)(C)c1c(C(=O)O)nnn1CCC(=O)O. The fourth-order valence-electron chi connectivity index (χ4n) is 1.56. The number of aliphatic carboxylic acids is 1. The smallest absolute Gasteiger partial charge is 0.358 e. The summed E-state index contributed by atoms with van der Waals surface area (Å²) in [6.45, 7) is 5.60. The van der Waals surface area contributed by atoms with Gasteiger partial charge in [0.2, 0.25) is 0 Å². The third kappa shape index (κ3) is 3.02. The Hall–Kier alpha value is -1.92. The van der Waals surface area contributed by atoms with E-state index in [1.807, 2.05) is 20.8 Å². The molecule has 0 saturated heterocycles. The average Bonchev–Trinajstić information content (AvgIpc) is 2.57. The number of carboxylic acids is 2. The molecule has 17 heavy (non-hydrogen) atoms. The minimum absolute atomic E-state index is 0.113. The fourth-order valence-corrected chi connectivity index (χ4v) is 1.56. The summed E-state index contributed by atoms with van der Waals surface area (Å²) in [5.41, 5.74) is -0.149. The number of hydrogen-bond donors (Lipinski definition) is 2. The highest BCUT2D eigenvalue weighted by atomic mass is 16.4. The van der Waals surface area contributed by atoms with Crippen LogP contribution in [0.4, 0.5) is 0 Å². The van der Waals surface area contributed by atoms with Gasteiger partial charge in [-0.1, -0.05) is 26.0 Å². The second kappa shape index (κ2) is 4.52. The van der Waals surface area contributed by atoms with Gasteiger partial charge in [0.15, 0.2) is 5.69 Å². The molecule has 0 atom stereocenters. The van der Waals surface area contributed by atoms with Gasteiger partial charge >= 0.3 is 11.9 Å². The van der Waals surface area contributed by atoms with Crippen molar-refractivity contribution in [3.63, 3.8) is 0 Å². The van der Waals surface area contributed by atoms with Gasteiger partial charge in [0, 0.05) is 5.41 Å². The van der Waals surface area contributed by atoms with Crippen LogP contribution in [0.25, 0.3) is 0 Å². The summed E-state index contributed by atoms with van der Waals surface area (Å²) >= 11 is 0. The Balaban J connectivity index is 3.14. The van der Waals surface area contributed by atoms with E-state index in [1.54, 1.807) is 0 Å². The lowest BCUT2D eigenvalue weighted by molar-refractivity contribution is -0.137. The van der Waals surface area contributed by atoms with Crippen LogP contribution in [0, 0.1) is 0 Å². The van der Waals surface area contributed by atoms with Crippen LogP contribution in [0.15, 0.2) is 0 Å². The molecule has 0 aromatic carbocycles. The molecule has 0 unspecified atom stereocenters. The van der Waals surface area contributed by atoms with E-state index in [4.69, 9.17) is 10.2 Å². The van der Waals surface area contributed by atoms with Crippen molar-refractivity contribution in [1.29, 1.82) is 0 Å². The Bertz CT molecular complexity index is 445. The molecule has 94 valence electrons. The largest absolute Gasteiger partial charge is 0.481 e. The van der Waals surface area contributed by atoms with Gasteiger partial charge < -0.3 is 10.2 Å². The van der Waals surface area contributed by atoms with Gasteiger partial charge in [0.05, 0.1) is 18.7 Å². The summed E-state index contributed by atoms with van der Waals surface area (Å²) in [5.74, 6) is -2.12. The fraction of sp³-hybridized carbons (Fsp3) is 0.600. The van der Waals surface area contributed by atoms with Crippen molar-refractivity contribution in [2.75, 3.05) is 0 Å². The Labute approximate surface area is 98.1 Å². The average molecular weight is 241 g/mol. The summed E-state index contributed by atoms with van der Waals surface area (Å²) in [5, 5.41) is 24.9. The number of aromatic nitrogens is 3. The zero-order chi connectivity index (χ0) is 13.2. The predicted molar refractivity (Wildman–Crippen MR) is 57.9 cm³/mol. The van der Waals surface area contributed by atoms with Crippen molar-refractivity contribution >= 4 is 11.9 Å². The van der Waals surface area contributed by atoms with E-state index in [0.29, 0.717) is 5.69 Å². The topological polar surface area (TPSA) is 105 Å². The van der Waals surface area contributed by atoms with Gasteiger partial charge in [-0.25, -0.2) is 9.48 Å². The highest BCUT2D eigenvalue weighted by molar-refractivity contribution is 5.86. The Morgan fingerprint density at radius 3 is 2.29 bits per heavy atom. The molecule has 7 heteroatoms. The summed E-state index contributed by atoms with van der Waals surface area (Å²) in [6, 6.07) is 0. The van der Waals surface area contributed by atoms with E-state index >= 15 is 0 Å². The molecular formula is C10H15N3O4. The number of nitrogens with zero attached hydrogens (tertiary/aromatic N) is 3. The number of carboxylic acid groups (broad SMARTS) is 2. The number of aromatic carboxylic acids is 1.